The van der Waals surface area contributed by atoms with Gasteiger partial charge in [-0.3, -0.25) is 0 Å². The van der Waals surface area contributed by atoms with Crippen molar-refractivity contribution in [1.82, 2.24) is 10.1 Å². The number of aromatic nitrogens is 2. The van der Waals surface area contributed by atoms with Crippen molar-refractivity contribution in [2.24, 2.45) is 0 Å². The Bertz CT molecular complexity index is 617. The average Bonchev–Trinajstić information content (AvgIpc) is 3.07. The van der Waals surface area contributed by atoms with Gasteiger partial charge in [-0.2, -0.15) is 18.2 Å². The lowest BCUT2D eigenvalue weighted by molar-refractivity contribution is -0.137. The molecule has 1 fully saturated rings. The smallest absolute Gasteiger partial charge is 0.398 e. The van der Waals surface area contributed by atoms with Gasteiger partial charge < -0.3 is 10.3 Å². The zero-order valence-corrected chi connectivity index (χ0v) is 9.74. The SMILES string of the molecule is Nc1cc(C(F)(F)F)ccc1-c1nc(C2CC2)no1. The summed E-state index contributed by atoms with van der Waals surface area (Å²) in [6.45, 7) is 0. The molecule has 1 aromatic heterocycles. The fourth-order valence-electron chi connectivity index (χ4n) is 1.79. The summed E-state index contributed by atoms with van der Waals surface area (Å²) in [5.74, 6) is 1.07. The molecule has 0 radical (unpaired) electrons. The number of nitrogens with zero attached hydrogens (tertiary/aromatic N) is 2. The van der Waals surface area contributed by atoms with Crippen LogP contribution >= 0.6 is 0 Å². The molecule has 0 unspecified atom stereocenters. The molecule has 0 amide bonds. The second-order valence-corrected chi connectivity index (χ2v) is 4.53. The summed E-state index contributed by atoms with van der Waals surface area (Å²) >= 11 is 0. The molecular formula is C12H10F3N3O. The zero-order valence-electron chi connectivity index (χ0n) is 9.74. The number of anilines is 1. The van der Waals surface area contributed by atoms with E-state index in [0.717, 1.165) is 25.0 Å². The van der Waals surface area contributed by atoms with Crippen LogP contribution in [0.5, 0.6) is 0 Å². The second-order valence-electron chi connectivity index (χ2n) is 4.53. The molecule has 0 saturated heterocycles. The summed E-state index contributed by atoms with van der Waals surface area (Å²) in [6, 6.07) is 3.07. The third-order valence-corrected chi connectivity index (χ3v) is 2.99. The molecule has 19 heavy (non-hydrogen) atoms. The number of hydrogen-bond donors (Lipinski definition) is 1. The largest absolute Gasteiger partial charge is 0.416 e. The van der Waals surface area contributed by atoms with Gasteiger partial charge in [0.2, 0.25) is 0 Å². The van der Waals surface area contributed by atoms with E-state index in [1.54, 1.807) is 0 Å². The molecule has 1 heterocycles. The number of nitrogen functional groups attached to an aromatic ring is 1. The summed E-state index contributed by atoms with van der Waals surface area (Å²) < 4.78 is 42.6. The van der Waals surface area contributed by atoms with Gasteiger partial charge >= 0.3 is 6.18 Å². The highest BCUT2D eigenvalue weighted by molar-refractivity contribution is 5.71. The van der Waals surface area contributed by atoms with Crippen molar-refractivity contribution in [3.05, 3.63) is 29.6 Å². The molecule has 0 bridgehead atoms. The van der Waals surface area contributed by atoms with Crippen LogP contribution in [0.2, 0.25) is 0 Å². The molecule has 1 aromatic carbocycles. The van der Waals surface area contributed by atoms with Gasteiger partial charge in [0, 0.05) is 11.6 Å². The third-order valence-electron chi connectivity index (χ3n) is 2.99. The highest BCUT2D eigenvalue weighted by Gasteiger charge is 2.32. The average molecular weight is 269 g/mol. The predicted octanol–water partition coefficient (Wildman–Crippen LogP) is 3.22. The Morgan fingerprint density at radius 1 is 1.26 bits per heavy atom. The fourth-order valence-corrected chi connectivity index (χ4v) is 1.79. The monoisotopic (exact) mass is 269 g/mol. The first-order chi connectivity index (χ1) is 8.95. The number of hydrogen-bond acceptors (Lipinski definition) is 4. The lowest BCUT2D eigenvalue weighted by atomic mass is 10.1. The molecular weight excluding hydrogens is 259 g/mol. The van der Waals surface area contributed by atoms with E-state index in [1.807, 2.05) is 0 Å². The number of rotatable bonds is 2. The fraction of sp³-hybridized carbons (Fsp3) is 0.333. The van der Waals surface area contributed by atoms with E-state index in [4.69, 9.17) is 10.3 Å². The van der Waals surface area contributed by atoms with Crippen LogP contribution in [0.25, 0.3) is 11.5 Å². The minimum atomic E-state index is -4.42. The molecule has 100 valence electrons. The van der Waals surface area contributed by atoms with E-state index in [2.05, 4.69) is 10.1 Å². The van der Waals surface area contributed by atoms with Crippen LogP contribution in [0, 0.1) is 0 Å². The maximum atomic E-state index is 12.5. The number of benzene rings is 1. The van der Waals surface area contributed by atoms with E-state index in [1.165, 1.54) is 6.07 Å². The number of alkyl halides is 3. The highest BCUT2D eigenvalue weighted by atomic mass is 19.4. The van der Waals surface area contributed by atoms with Gasteiger partial charge in [0.05, 0.1) is 11.1 Å². The van der Waals surface area contributed by atoms with Crippen molar-refractivity contribution < 1.29 is 17.7 Å². The lowest BCUT2D eigenvalue weighted by Gasteiger charge is -2.08. The Morgan fingerprint density at radius 3 is 2.58 bits per heavy atom. The van der Waals surface area contributed by atoms with E-state index >= 15 is 0 Å². The van der Waals surface area contributed by atoms with Crippen LogP contribution in [0.3, 0.4) is 0 Å². The first-order valence-electron chi connectivity index (χ1n) is 5.76. The minimum Gasteiger partial charge on any atom is -0.398 e. The van der Waals surface area contributed by atoms with E-state index < -0.39 is 11.7 Å². The van der Waals surface area contributed by atoms with Gasteiger partial charge in [0.1, 0.15) is 0 Å². The minimum absolute atomic E-state index is 0.0270. The summed E-state index contributed by atoms with van der Waals surface area (Å²) in [6.07, 6.45) is -2.39. The van der Waals surface area contributed by atoms with Crippen LogP contribution in [-0.4, -0.2) is 10.1 Å². The summed E-state index contributed by atoms with van der Waals surface area (Å²) in [7, 11) is 0. The highest BCUT2D eigenvalue weighted by Crippen LogP contribution is 2.39. The molecule has 0 atom stereocenters. The van der Waals surface area contributed by atoms with Crippen molar-refractivity contribution >= 4 is 5.69 Å². The molecule has 1 aliphatic rings. The molecule has 7 heteroatoms. The second kappa shape index (κ2) is 3.97. The molecule has 1 aliphatic carbocycles. The molecule has 0 spiro atoms. The van der Waals surface area contributed by atoms with Crippen molar-refractivity contribution in [3.63, 3.8) is 0 Å². The summed E-state index contributed by atoms with van der Waals surface area (Å²) in [5, 5.41) is 3.80. The van der Waals surface area contributed by atoms with E-state index in [9.17, 15) is 13.2 Å². The van der Waals surface area contributed by atoms with Gasteiger partial charge in [-0.05, 0) is 31.0 Å². The molecule has 3 rings (SSSR count). The molecule has 4 nitrogen and oxygen atoms in total. The van der Waals surface area contributed by atoms with Gasteiger partial charge in [0.25, 0.3) is 5.89 Å². The molecule has 2 N–H and O–H groups in total. The Morgan fingerprint density at radius 2 is 2.00 bits per heavy atom. The van der Waals surface area contributed by atoms with E-state index in [0.29, 0.717) is 17.3 Å². The van der Waals surface area contributed by atoms with Crippen LogP contribution < -0.4 is 5.73 Å². The first kappa shape index (κ1) is 12.0. The quantitative estimate of drug-likeness (QED) is 0.850. The van der Waals surface area contributed by atoms with Crippen molar-refractivity contribution in [3.8, 4) is 11.5 Å². The standard InChI is InChI=1S/C12H10F3N3O/c13-12(14,15)7-3-4-8(9(16)5-7)11-17-10(18-19-11)6-1-2-6/h3-6H,1-2,16H2. The van der Waals surface area contributed by atoms with Gasteiger partial charge in [-0.25, -0.2) is 0 Å². The Balaban J connectivity index is 1.95. The maximum absolute atomic E-state index is 12.5. The Labute approximate surface area is 106 Å². The van der Waals surface area contributed by atoms with Crippen LogP contribution in [-0.2, 0) is 6.18 Å². The normalized spacial score (nSPS) is 15.7. The zero-order chi connectivity index (χ0) is 13.6. The van der Waals surface area contributed by atoms with Crippen LogP contribution in [0.4, 0.5) is 18.9 Å². The number of nitrogens with two attached hydrogens (primary N) is 1. The molecule has 2 aromatic rings. The summed E-state index contributed by atoms with van der Waals surface area (Å²) in [4.78, 5) is 4.16. The van der Waals surface area contributed by atoms with Crippen molar-refractivity contribution in [2.45, 2.75) is 24.9 Å². The van der Waals surface area contributed by atoms with E-state index in [-0.39, 0.29) is 11.6 Å². The maximum Gasteiger partial charge on any atom is 0.416 e. The predicted molar refractivity (Wildman–Crippen MR) is 61.1 cm³/mol. The Kier molecular flexibility index (Phi) is 2.51. The first-order valence-corrected chi connectivity index (χ1v) is 5.76. The summed E-state index contributed by atoms with van der Waals surface area (Å²) in [5.41, 5.74) is 5.13. The van der Waals surface area contributed by atoms with Crippen molar-refractivity contribution in [2.75, 3.05) is 5.73 Å². The van der Waals surface area contributed by atoms with Gasteiger partial charge in [-0.1, -0.05) is 5.16 Å². The van der Waals surface area contributed by atoms with Crippen LogP contribution in [0.1, 0.15) is 30.1 Å². The van der Waals surface area contributed by atoms with Crippen molar-refractivity contribution in [1.29, 1.82) is 0 Å². The lowest BCUT2D eigenvalue weighted by Crippen LogP contribution is -2.06. The molecule has 1 saturated carbocycles. The molecule has 0 aliphatic heterocycles. The Hall–Kier alpha value is -2.05. The number of halogens is 3. The topological polar surface area (TPSA) is 64.9 Å². The van der Waals surface area contributed by atoms with Gasteiger partial charge in [-0.15, -0.1) is 0 Å². The van der Waals surface area contributed by atoms with Crippen LogP contribution in [0.15, 0.2) is 22.7 Å². The van der Waals surface area contributed by atoms with Gasteiger partial charge in [0.15, 0.2) is 5.82 Å². The third kappa shape index (κ3) is 2.27.